The second-order valence-electron chi connectivity index (χ2n) is 7.93. The van der Waals surface area contributed by atoms with E-state index >= 15 is 0 Å². The molecular formula is C26H31ClN4O3S. The van der Waals surface area contributed by atoms with Gasteiger partial charge in [-0.05, 0) is 48.2 Å². The van der Waals surface area contributed by atoms with Gasteiger partial charge in [-0.2, -0.15) is 0 Å². The highest BCUT2D eigenvalue weighted by atomic mass is 35.5. The number of hydrogen-bond acceptors (Lipinski definition) is 7. The lowest BCUT2D eigenvalue weighted by molar-refractivity contribution is 0.0954. The monoisotopic (exact) mass is 514 g/mol. The molecule has 1 heterocycles. The Labute approximate surface area is 216 Å². The molecule has 0 aliphatic rings. The number of anilines is 1. The van der Waals surface area contributed by atoms with Gasteiger partial charge in [0.05, 0.1) is 14.2 Å². The number of methoxy groups -OCH3 is 2. The largest absolute Gasteiger partial charge is 0.493 e. The van der Waals surface area contributed by atoms with Crippen LogP contribution in [-0.4, -0.2) is 50.2 Å². The van der Waals surface area contributed by atoms with E-state index in [4.69, 9.17) is 21.1 Å². The van der Waals surface area contributed by atoms with E-state index in [-0.39, 0.29) is 5.91 Å². The number of aromatic nitrogens is 2. The van der Waals surface area contributed by atoms with Crippen molar-refractivity contribution < 1.29 is 14.3 Å². The van der Waals surface area contributed by atoms with Gasteiger partial charge in [-0.3, -0.25) is 4.79 Å². The summed E-state index contributed by atoms with van der Waals surface area (Å²) in [7, 11) is 5.21. The maximum absolute atomic E-state index is 12.5. The van der Waals surface area contributed by atoms with Crippen molar-refractivity contribution in [1.82, 2.24) is 15.3 Å². The number of benzene rings is 2. The molecule has 0 aliphatic carbocycles. The Morgan fingerprint density at radius 2 is 1.74 bits per heavy atom. The van der Waals surface area contributed by atoms with Crippen LogP contribution in [0.15, 0.2) is 53.7 Å². The Kier molecular flexibility index (Phi) is 10.0. The zero-order valence-electron chi connectivity index (χ0n) is 20.5. The predicted molar refractivity (Wildman–Crippen MR) is 142 cm³/mol. The Balaban J connectivity index is 1.51. The van der Waals surface area contributed by atoms with E-state index in [9.17, 15) is 4.79 Å². The Bertz CT molecular complexity index is 1130. The van der Waals surface area contributed by atoms with Crippen LogP contribution in [0.1, 0.15) is 34.8 Å². The van der Waals surface area contributed by atoms with Crippen molar-refractivity contribution in [1.29, 1.82) is 0 Å². The minimum Gasteiger partial charge on any atom is -0.493 e. The number of nitrogens with zero attached hydrogens (tertiary/aromatic N) is 3. The molecule has 0 radical (unpaired) electrons. The van der Waals surface area contributed by atoms with E-state index in [1.807, 2.05) is 49.5 Å². The maximum Gasteiger partial charge on any atom is 0.251 e. The van der Waals surface area contributed by atoms with Crippen molar-refractivity contribution in [3.8, 4) is 11.5 Å². The van der Waals surface area contributed by atoms with Crippen molar-refractivity contribution in [2.45, 2.75) is 30.7 Å². The van der Waals surface area contributed by atoms with E-state index in [1.165, 1.54) is 11.8 Å². The average Bonchev–Trinajstić information content (AvgIpc) is 2.87. The Hall–Kier alpha value is -2.97. The molecular weight excluding hydrogens is 484 g/mol. The summed E-state index contributed by atoms with van der Waals surface area (Å²) in [6.07, 6.45) is 1.71. The van der Waals surface area contributed by atoms with Gasteiger partial charge in [-0.15, -0.1) is 0 Å². The van der Waals surface area contributed by atoms with Crippen molar-refractivity contribution in [3.05, 3.63) is 70.4 Å². The molecule has 0 fully saturated rings. The third-order valence-corrected chi connectivity index (χ3v) is 6.45. The highest BCUT2D eigenvalue weighted by molar-refractivity contribution is 7.98. The summed E-state index contributed by atoms with van der Waals surface area (Å²) in [5, 5.41) is 4.03. The summed E-state index contributed by atoms with van der Waals surface area (Å²) >= 11 is 7.71. The molecule has 0 aliphatic heterocycles. The topological polar surface area (TPSA) is 76.6 Å². The third kappa shape index (κ3) is 7.77. The molecule has 1 aromatic heterocycles. The standard InChI is InChI=1S/C26H31ClN4O3S/c1-5-14-31(2)24-16-23(27)29-26(30-24)35-17-19-6-9-20(10-7-19)25(32)28-13-12-18-8-11-21(33-3)22(15-18)34-4/h6-11,15-16H,5,12-14,17H2,1-4H3,(H,28,32). The smallest absolute Gasteiger partial charge is 0.251 e. The molecule has 0 saturated heterocycles. The Morgan fingerprint density at radius 1 is 1.03 bits per heavy atom. The fraction of sp³-hybridized carbons (Fsp3) is 0.346. The van der Waals surface area contributed by atoms with Gasteiger partial charge in [-0.1, -0.05) is 48.5 Å². The maximum atomic E-state index is 12.5. The fourth-order valence-electron chi connectivity index (χ4n) is 3.45. The zero-order valence-corrected chi connectivity index (χ0v) is 22.1. The van der Waals surface area contributed by atoms with E-state index in [2.05, 4.69) is 27.1 Å². The highest BCUT2D eigenvalue weighted by Gasteiger charge is 2.10. The molecule has 0 spiro atoms. The van der Waals surface area contributed by atoms with Crippen molar-refractivity contribution in [2.75, 3.05) is 39.3 Å². The van der Waals surface area contributed by atoms with Crippen LogP contribution >= 0.6 is 23.4 Å². The van der Waals surface area contributed by atoms with Crippen LogP contribution in [0.5, 0.6) is 11.5 Å². The lowest BCUT2D eigenvalue weighted by Gasteiger charge is -2.17. The number of hydrogen-bond donors (Lipinski definition) is 1. The van der Waals surface area contributed by atoms with Crippen LogP contribution in [0.25, 0.3) is 0 Å². The van der Waals surface area contributed by atoms with Gasteiger partial charge in [0, 0.05) is 37.5 Å². The first-order chi connectivity index (χ1) is 16.9. The Morgan fingerprint density at radius 3 is 2.43 bits per heavy atom. The van der Waals surface area contributed by atoms with Crippen molar-refractivity contribution in [2.24, 2.45) is 0 Å². The zero-order chi connectivity index (χ0) is 25.2. The molecule has 3 aromatic rings. The number of thioether (sulfide) groups is 1. The summed E-state index contributed by atoms with van der Waals surface area (Å²) in [6, 6.07) is 15.1. The summed E-state index contributed by atoms with van der Waals surface area (Å²) in [5.41, 5.74) is 2.75. The second kappa shape index (κ2) is 13.2. The van der Waals surface area contributed by atoms with E-state index in [1.54, 1.807) is 20.3 Å². The quantitative estimate of drug-likeness (QED) is 0.201. The van der Waals surface area contributed by atoms with E-state index in [0.717, 1.165) is 29.9 Å². The number of amides is 1. The van der Waals surface area contributed by atoms with Gasteiger partial charge in [0.2, 0.25) is 0 Å². The molecule has 35 heavy (non-hydrogen) atoms. The number of halogens is 1. The average molecular weight is 515 g/mol. The molecule has 0 saturated carbocycles. The van der Waals surface area contributed by atoms with Crippen LogP contribution in [0.2, 0.25) is 5.15 Å². The molecule has 0 atom stereocenters. The van der Waals surface area contributed by atoms with E-state index in [0.29, 0.717) is 46.1 Å². The summed E-state index contributed by atoms with van der Waals surface area (Å²) in [5.74, 6) is 2.75. The molecule has 186 valence electrons. The predicted octanol–water partition coefficient (Wildman–Crippen LogP) is 5.26. The molecule has 9 heteroatoms. The lowest BCUT2D eigenvalue weighted by atomic mass is 10.1. The highest BCUT2D eigenvalue weighted by Crippen LogP contribution is 2.28. The third-order valence-electron chi connectivity index (χ3n) is 5.34. The summed E-state index contributed by atoms with van der Waals surface area (Å²) in [6.45, 7) is 3.54. The molecule has 1 amide bonds. The van der Waals surface area contributed by atoms with Gasteiger partial charge in [0.1, 0.15) is 11.0 Å². The SMILES string of the molecule is CCCN(C)c1cc(Cl)nc(SCc2ccc(C(=O)NCCc3ccc(OC)c(OC)c3)cc2)n1. The number of ether oxygens (including phenoxy) is 2. The first-order valence-electron chi connectivity index (χ1n) is 11.4. The number of rotatable bonds is 12. The second-order valence-corrected chi connectivity index (χ2v) is 9.26. The van der Waals surface area contributed by atoms with E-state index < -0.39 is 0 Å². The molecule has 0 bridgehead atoms. The minimum absolute atomic E-state index is 0.105. The molecule has 2 aromatic carbocycles. The van der Waals surface area contributed by atoms with Crippen LogP contribution in [-0.2, 0) is 12.2 Å². The first-order valence-corrected chi connectivity index (χ1v) is 12.8. The van der Waals surface area contributed by atoms with Gasteiger partial charge >= 0.3 is 0 Å². The molecule has 0 unspecified atom stereocenters. The number of nitrogens with one attached hydrogen (secondary N) is 1. The number of carbonyl (C=O) groups excluding carboxylic acids is 1. The first kappa shape index (κ1) is 26.6. The van der Waals surface area contributed by atoms with Gasteiger partial charge in [0.15, 0.2) is 16.7 Å². The van der Waals surface area contributed by atoms with Crippen molar-refractivity contribution in [3.63, 3.8) is 0 Å². The molecule has 3 rings (SSSR count). The molecule has 7 nitrogen and oxygen atoms in total. The molecule has 1 N–H and O–H groups in total. The summed E-state index contributed by atoms with van der Waals surface area (Å²) in [4.78, 5) is 23.5. The van der Waals surface area contributed by atoms with Gasteiger partial charge in [0.25, 0.3) is 5.91 Å². The van der Waals surface area contributed by atoms with Crippen LogP contribution in [0, 0.1) is 0 Å². The lowest BCUT2D eigenvalue weighted by Crippen LogP contribution is -2.25. The van der Waals surface area contributed by atoms with Crippen LogP contribution in [0.3, 0.4) is 0 Å². The fourth-order valence-corrected chi connectivity index (χ4v) is 4.49. The number of carbonyl (C=O) groups is 1. The van der Waals surface area contributed by atoms with Gasteiger partial charge in [-0.25, -0.2) is 9.97 Å². The minimum atomic E-state index is -0.105. The summed E-state index contributed by atoms with van der Waals surface area (Å²) < 4.78 is 10.6. The van der Waals surface area contributed by atoms with Crippen LogP contribution in [0.4, 0.5) is 5.82 Å². The van der Waals surface area contributed by atoms with Gasteiger partial charge < -0.3 is 19.7 Å². The normalized spacial score (nSPS) is 10.7. The van der Waals surface area contributed by atoms with Crippen molar-refractivity contribution >= 4 is 35.1 Å². The van der Waals surface area contributed by atoms with Crippen LogP contribution < -0.4 is 19.7 Å².